The summed E-state index contributed by atoms with van der Waals surface area (Å²) >= 11 is 0. The predicted molar refractivity (Wildman–Crippen MR) is 80.1 cm³/mol. The Hall–Kier alpha value is -1.76. The average molecular weight is 303 g/mol. The van der Waals surface area contributed by atoms with Gasteiger partial charge in [0.15, 0.2) is 0 Å². The molecule has 0 spiro atoms. The van der Waals surface area contributed by atoms with Gasteiger partial charge in [-0.2, -0.15) is 0 Å². The summed E-state index contributed by atoms with van der Waals surface area (Å²) in [5.41, 5.74) is 3.24. The molecule has 0 atom stereocenters. The average Bonchev–Trinajstić information content (AvgIpc) is 2.95. The maximum Gasteiger partial charge on any atom is 0.240 e. The van der Waals surface area contributed by atoms with Crippen molar-refractivity contribution in [1.29, 1.82) is 0 Å². The summed E-state index contributed by atoms with van der Waals surface area (Å²) in [6.07, 6.45) is 4.07. The van der Waals surface area contributed by atoms with Crippen LogP contribution in [-0.2, 0) is 29.5 Å². The number of hydrogen-bond donors (Lipinski definition) is 2. The van der Waals surface area contributed by atoms with E-state index in [1.165, 1.54) is 5.56 Å². The third-order valence-corrected chi connectivity index (χ3v) is 5.01. The van der Waals surface area contributed by atoms with Gasteiger partial charge in [-0.25, -0.2) is 13.1 Å². The summed E-state index contributed by atoms with van der Waals surface area (Å²) in [6.45, 7) is 1.90. The van der Waals surface area contributed by atoms with Gasteiger partial charge >= 0.3 is 0 Å². The Balaban J connectivity index is 1.67. The van der Waals surface area contributed by atoms with Gasteiger partial charge in [-0.3, -0.25) is 4.98 Å². The van der Waals surface area contributed by atoms with Gasteiger partial charge in [-0.1, -0.05) is 12.1 Å². The largest absolute Gasteiger partial charge is 0.309 e. The van der Waals surface area contributed by atoms with E-state index in [1.54, 1.807) is 24.5 Å². The van der Waals surface area contributed by atoms with E-state index in [1.807, 2.05) is 18.2 Å². The van der Waals surface area contributed by atoms with Gasteiger partial charge in [-0.15, -0.1) is 0 Å². The summed E-state index contributed by atoms with van der Waals surface area (Å²) in [4.78, 5) is 4.34. The Morgan fingerprint density at radius 1 is 1.19 bits per heavy atom. The van der Waals surface area contributed by atoms with Crippen LogP contribution in [0.1, 0.15) is 16.7 Å². The topological polar surface area (TPSA) is 71.1 Å². The number of hydrogen-bond acceptors (Lipinski definition) is 4. The van der Waals surface area contributed by atoms with Crippen molar-refractivity contribution in [1.82, 2.24) is 15.0 Å². The fourth-order valence-corrected chi connectivity index (χ4v) is 3.48. The Bertz CT molecular complexity index is 730. The highest BCUT2D eigenvalue weighted by molar-refractivity contribution is 7.89. The number of aromatic nitrogens is 1. The Labute approximate surface area is 124 Å². The van der Waals surface area contributed by atoms with E-state index in [-0.39, 0.29) is 0 Å². The molecule has 3 rings (SSSR count). The van der Waals surface area contributed by atoms with Crippen molar-refractivity contribution in [2.45, 2.75) is 24.4 Å². The molecule has 0 aliphatic carbocycles. The molecule has 1 aromatic carbocycles. The van der Waals surface area contributed by atoms with Crippen LogP contribution in [0.3, 0.4) is 0 Å². The molecule has 5 nitrogen and oxygen atoms in total. The Morgan fingerprint density at radius 2 is 2.05 bits per heavy atom. The smallest absolute Gasteiger partial charge is 0.240 e. The molecule has 2 heterocycles. The maximum atomic E-state index is 12.3. The first-order chi connectivity index (χ1) is 10.1. The van der Waals surface area contributed by atoms with E-state index in [0.717, 1.165) is 24.2 Å². The zero-order chi connectivity index (χ0) is 14.7. The number of benzene rings is 1. The quantitative estimate of drug-likeness (QED) is 0.871. The molecule has 0 unspecified atom stereocenters. The van der Waals surface area contributed by atoms with Crippen LogP contribution >= 0.6 is 0 Å². The van der Waals surface area contributed by atoms with Crippen molar-refractivity contribution < 1.29 is 8.42 Å². The fourth-order valence-electron chi connectivity index (χ4n) is 2.40. The zero-order valence-corrected chi connectivity index (χ0v) is 12.4. The minimum Gasteiger partial charge on any atom is -0.309 e. The molecule has 0 saturated heterocycles. The lowest BCUT2D eigenvalue weighted by molar-refractivity contribution is 0.581. The molecule has 2 aromatic rings. The van der Waals surface area contributed by atoms with E-state index in [0.29, 0.717) is 17.9 Å². The van der Waals surface area contributed by atoms with Gasteiger partial charge in [0.2, 0.25) is 10.0 Å². The summed E-state index contributed by atoms with van der Waals surface area (Å²) < 4.78 is 27.2. The predicted octanol–water partition coefficient (Wildman–Crippen LogP) is 1.21. The normalized spacial score (nSPS) is 14.1. The zero-order valence-electron chi connectivity index (χ0n) is 11.5. The molecule has 0 amide bonds. The molecule has 21 heavy (non-hydrogen) atoms. The second-order valence-electron chi connectivity index (χ2n) is 5.04. The van der Waals surface area contributed by atoms with Gasteiger partial charge in [0.05, 0.1) is 4.90 Å². The molecule has 0 saturated carbocycles. The molecule has 1 aliphatic heterocycles. The van der Waals surface area contributed by atoms with Crippen molar-refractivity contribution in [3.8, 4) is 0 Å². The van der Waals surface area contributed by atoms with Crippen LogP contribution in [0.25, 0.3) is 0 Å². The lowest BCUT2D eigenvalue weighted by Gasteiger charge is -2.08. The number of nitrogens with zero attached hydrogens (tertiary/aromatic N) is 1. The van der Waals surface area contributed by atoms with Crippen molar-refractivity contribution in [2.75, 3.05) is 6.54 Å². The van der Waals surface area contributed by atoms with Crippen LogP contribution < -0.4 is 10.0 Å². The summed E-state index contributed by atoms with van der Waals surface area (Å²) in [5, 5.41) is 3.21. The molecule has 0 fully saturated rings. The first kappa shape index (κ1) is 14.2. The van der Waals surface area contributed by atoms with Crippen LogP contribution in [0.2, 0.25) is 0 Å². The molecular weight excluding hydrogens is 286 g/mol. The van der Waals surface area contributed by atoms with Crippen molar-refractivity contribution in [3.05, 3.63) is 59.4 Å². The molecule has 6 heteroatoms. The minimum absolute atomic E-state index is 0.330. The van der Waals surface area contributed by atoms with Crippen LogP contribution in [0.4, 0.5) is 0 Å². The minimum atomic E-state index is -3.45. The van der Waals surface area contributed by atoms with Crippen molar-refractivity contribution in [3.63, 3.8) is 0 Å². The van der Waals surface area contributed by atoms with Crippen molar-refractivity contribution in [2.24, 2.45) is 0 Å². The highest BCUT2D eigenvalue weighted by Gasteiger charge is 2.17. The third-order valence-electron chi connectivity index (χ3n) is 3.55. The second kappa shape index (κ2) is 5.93. The molecule has 0 radical (unpaired) electrons. The van der Waals surface area contributed by atoms with Gasteiger partial charge in [-0.05, 0) is 41.3 Å². The fraction of sp³-hybridized carbons (Fsp3) is 0.267. The van der Waals surface area contributed by atoms with Crippen LogP contribution in [0, 0.1) is 0 Å². The van der Waals surface area contributed by atoms with Gasteiger partial charge in [0.1, 0.15) is 0 Å². The Morgan fingerprint density at radius 3 is 2.86 bits per heavy atom. The lowest BCUT2D eigenvalue weighted by atomic mass is 10.1. The molecule has 1 aromatic heterocycles. The molecule has 1 aliphatic rings. The summed E-state index contributed by atoms with van der Waals surface area (Å²) in [6, 6.07) is 9.07. The van der Waals surface area contributed by atoms with E-state index in [4.69, 9.17) is 0 Å². The number of nitrogens with one attached hydrogen (secondary N) is 2. The number of fused-ring (bicyclic) bond motifs is 1. The highest BCUT2D eigenvalue weighted by atomic mass is 32.2. The monoisotopic (exact) mass is 303 g/mol. The number of sulfonamides is 1. The lowest BCUT2D eigenvalue weighted by Crippen LogP contribution is -2.26. The van der Waals surface area contributed by atoms with Crippen LogP contribution in [0.5, 0.6) is 0 Å². The van der Waals surface area contributed by atoms with Gasteiger partial charge in [0.25, 0.3) is 0 Å². The summed E-state index contributed by atoms with van der Waals surface area (Å²) in [7, 11) is -3.45. The van der Waals surface area contributed by atoms with E-state index < -0.39 is 10.0 Å². The van der Waals surface area contributed by atoms with Gasteiger partial charge in [0, 0.05) is 32.0 Å². The van der Waals surface area contributed by atoms with E-state index >= 15 is 0 Å². The molecule has 110 valence electrons. The first-order valence-electron chi connectivity index (χ1n) is 6.86. The molecule has 2 N–H and O–H groups in total. The number of pyridine rings is 1. The standard InChI is InChI=1S/C15H17N3O2S/c19-21(20,18-7-5-12-2-1-6-16-9-12)15-4-3-13-10-17-11-14(13)8-15/h1-4,6,8-9,17-18H,5,7,10-11H2. The van der Waals surface area contributed by atoms with Crippen molar-refractivity contribution >= 4 is 10.0 Å². The van der Waals surface area contributed by atoms with E-state index in [9.17, 15) is 8.42 Å². The maximum absolute atomic E-state index is 12.3. The third kappa shape index (κ3) is 3.29. The van der Waals surface area contributed by atoms with Crippen LogP contribution in [-0.4, -0.2) is 19.9 Å². The second-order valence-corrected chi connectivity index (χ2v) is 6.81. The summed E-state index contributed by atoms with van der Waals surface area (Å²) in [5.74, 6) is 0. The Kier molecular flexibility index (Phi) is 4.01. The van der Waals surface area contributed by atoms with Crippen LogP contribution in [0.15, 0.2) is 47.6 Å². The SMILES string of the molecule is O=S(=O)(NCCc1cccnc1)c1ccc2c(c1)CNC2. The molecular formula is C15H17N3O2S. The van der Waals surface area contributed by atoms with E-state index in [2.05, 4.69) is 15.0 Å². The first-order valence-corrected chi connectivity index (χ1v) is 8.34. The molecule has 0 bridgehead atoms. The van der Waals surface area contributed by atoms with Gasteiger partial charge < -0.3 is 5.32 Å². The number of rotatable bonds is 5. The highest BCUT2D eigenvalue weighted by Crippen LogP contribution is 2.19.